The summed E-state index contributed by atoms with van der Waals surface area (Å²) in [5.41, 5.74) is 3.48. The van der Waals surface area contributed by atoms with Gasteiger partial charge < -0.3 is 20.3 Å². The van der Waals surface area contributed by atoms with Gasteiger partial charge in [0.2, 0.25) is 0 Å². The highest BCUT2D eigenvalue weighted by molar-refractivity contribution is 14.0. The molecule has 1 aliphatic heterocycles. The molecule has 2 heterocycles. The van der Waals surface area contributed by atoms with E-state index in [9.17, 15) is 0 Å². The van der Waals surface area contributed by atoms with Crippen molar-refractivity contribution in [1.82, 2.24) is 15.6 Å². The van der Waals surface area contributed by atoms with Gasteiger partial charge in [-0.05, 0) is 56.9 Å². The Balaban J connectivity index is 0.00000320. The van der Waals surface area contributed by atoms with Gasteiger partial charge in [-0.3, -0.25) is 9.98 Å². The van der Waals surface area contributed by atoms with Gasteiger partial charge in [-0.1, -0.05) is 12.1 Å². The molecule has 30 heavy (non-hydrogen) atoms. The third-order valence-electron chi connectivity index (χ3n) is 5.17. The number of methoxy groups -OCH3 is 1. The Kier molecular flexibility index (Phi) is 10.2. The molecule has 1 aromatic carbocycles. The van der Waals surface area contributed by atoms with Gasteiger partial charge in [0.05, 0.1) is 7.11 Å². The van der Waals surface area contributed by atoms with E-state index in [-0.39, 0.29) is 24.0 Å². The van der Waals surface area contributed by atoms with Crippen LogP contribution in [-0.2, 0) is 6.42 Å². The summed E-state index contributed by atoms with van der Waals surface area (Å²) < 4.78 is 5.38. The summed E-state index contributed by atoms with van der Waals surface area (Å²) in [5.74, 6) is 1.79. The summed E-state index contributed by atoms with van der Waals surface area (Å²) in [6.07, 6.45) is 5.14. The average Bonchev–Trinajstić information content (AvgIpc) is 2.75. The van der Waals surface area contributed by atoms with Gasteiger partial charge >= 0.3 is 0 Å². The summed E-state index contributed by atoms with van der Waals surface area (Å²) in [5, 5.41) is 7.01. The van der Waals surface area contributed by atoms with Gasteiger partial charge in [0, 0.05) is 55.9 Å². The van der Waals surface area contributed by atoms with Crippen molar-refractivity contribution in [2.24, 2.45) is 4.99 Å². The molecular formula is C23H34IN5O. The van der Waals surface area contributed by atoms with Crippen molar-refractivity contribution >= 4 is 35.6 Å². The Labute approximate surface area is 197 Å². The fourth-order valence-corrected chi connectivity index (χ4v) is 3.59. The maximum Gasteiger partial charge on any atom is 0.191 e. The van der Waals surface area contributed by atoms with Crippen molar-refractivity contribution in [3.63, 3.8) is 0 Å². The van der Waals surface area contributed by atoms with Crippen molar-refractivity contribution in [3.05, 3.63) is 53.9 Å². The number of hydrogen-bond donors (Lipinski definition) is 2. The number of ether oxygens (including phenoxy) is 1. The lowest BCUT2D eigenvalue weighted by Crippen LogP contribution is -2.51. The number of nitrogens with one attached hydrogen (secondary N) is 2. The second-order valence-electron chi connectivity index (χ2n) is 7.45. The first-order valence-corrected chi connectivity index (χ1v) is 10.5. The molecule has 6 nitrogen and oxygen atoms in total. The van der Waals surface area contributed by atoms with E-state index >= 15 is 0 Å². The van der Waals surface area contributed by atoms with Crippen molar-refractivity contribution in [1.29, 1.82) is 0 Å². The molecule has 1 unspecified atom stereocenters. The zero-order chi connectivity index (χ0) is 20.5. The van der Waals surface area contributed by atoms with Crippen LogP contribution in [0.4, 0.5) is 5.69 Å². The van der Waals surface area contributed by atoms with Crippen LogP contribution in [0.3, 0.4) is 0 Å². The molecule has 164 valence electrons. The largest absolute Gasteiger partial charge is 0.497 e. The monoisotopic (exact) mass is 523 g/mol. The molecule has 0 spiro atoms. The van der Waals surface area contributed by atoms with Crippen molar-refractivity contribution in [3.8, 4) is 5.75 Å². The lowest BCUT2D eigenvalue weighted by atomic mass is 10.0. The number of guanidine groups is 1. The number of aryl methyl sites for hydroxylation is 1. The summed E-state index contributed by atoms with van der Waals surface area (Å²) in [6.45, 7) is 7.73. The van der Waals surface area contributed by atoms with E-state index in [1.54, 1.807) is 7.11 Å². The van der Waals surface area contributed by atoms with E-state index in [4.69, 9.17) is 9.73 Å². The zero-order valence-corrected chi connectivity index (χ0v) is 20.6. The predicted molar refractivity (Wildman–Crippen MR) is 135 cm³/mol. The average molecular weight is 523 g/mol. The molecule has 7 heteroatoms. The van der Waals surface area contributed by atoms with E-state index in [1.807, 2.05) is 19.2 Å². The van der Waals surface area contributed by atoms with Crippen LogP contribution in [0, 0.1) is 6.92 Å². The highest BCUT2D eigenvalue weighted by Crippen LogP contribution is 2.24. The number of anilines is 1. The quantitative estimate of drug-likeness (QED) is 0.329. The molecule has 2 aromatic rings. The van der Waals surface area contributed by atoms with Crippen LogP contribution >= 0.6 is 24.0 Å². The number of nitrogens with zero attached hydrogens (tertiary/aromatic N) is 3. The maximum absolute atomic E-state index is 5.38. The van der Waals surface area contributed by atoms with Crippen LogP contribution in [-0.4, -0.2) is 50.3 Å². The normalized spacial score (nSPS) is 16.6. The molecule has 0 bridgehead atoms. The minimum Gasteiger partial charge on any atom is -0.497 e. The summed E-state index contributed by atoms with van der Waals surface area (Å²) >= 11 is 0. The van der Waals surface area contributed by atoms with Crippen molar-refractivity contribution in [2.45, 2.75) is 39.2 Å². The van der Waals surface area contributed by atoms with Crippen molar-refractivity contribution < 1.29 is 4.74 Å². The van der Waals surface area contributed by atoms with E-state index in [0.29, 0.717) is 6.04 Å². The van der Waals surface area contributed by atoms with E-state index < -0.39 is 0 Å². The first kappa shape index (κ1) is 24.2. The van der Waals surface area contributed by atoms with Crippen LogP contribution in [0.1, 0.15) is 31.0 Å². The molecule has 3 rings (SSSR count). The van der Waals surface area contributed by atoms with Crippen LogP contribution in [0.5, 0.6) is 5.75 Å². The molecule has 1 atom stereocenters. The number of benzene rings is 1. The maximum atomic E-state index is 5.38. The van der Waals surface area contributed by atoms with Gasteiger partial charge in [0.15, 0.2) is 5.96 Å². The Morgan fingerprint density at radius 2 is 2.17 bits per heavy atom. The number of rotatable bonds is 7. The predicted octanol–water partition coefficient (Wildman–Crippen LogP) is 3.78. The number of aromatic nitrogens is 1. The minimum absolute atomic E-state index is 0. The third kappa shape index (κ3) is 7.34. The van der Waals surface area contributed by atoms with Gasteiger partial charge in [-0.2, -0.15) is 0 Å². The molecule has 0 saturated carbocycles. The smallest absolute Gasteiger partial charge is 0.191 e. The number of piperidine rings is 1. The standard InChI is InChI=1S/C23H33N5O.HI/c1-4-24-23(25-13-12-19-11-10-18(2)26-16-19)27-20-7-6-14-28(17-20)21-8-5-9-22(15-21)29-3;/h5,8-11,15-16,20H,4,6-7,12-14,17H2,1-3H3,(H2,24,25,27);1H. The SMILES string of the molecule is CCNC(=NCCc1ccc(C)nc1)NC1CCCN(c2cccc(OC)c2)C1.I. The van der Waals surface area contributed by atoms with E-state index in [2.05, 4.69) is 57.8 Å². The van der Waals surface area contributed by atoms with Gasteiger partial charge in [-0.25, -0.2) is 0 Å². The molecule has 1 fully saturated rings. The topological polar surface area (TPSA) is 61.8 Å². The van der Waals surface area contributed by atoms with Crippen molar-refractivity contribution in [2.75, 3.05) is 38.2 Å². The first-order valence-electron chi connectivity index (χ1n) is 10.5. The van der Waals surface area contributed by atoms with Gasteiger partial charge in [0.25, 0.3) is 0 Å². The molecular weight excluding hydrogens is 489 g/mol. The Morgan fingerprint density at radius 1 is 1.30 bits per heavy atom. The lowest BCUT2D eigenvalue weighted by Gasteiger charge is -2.35. The Hall–Kier alpha value is -2.03. The summed E-state index contributed by atoms with van der Waals surface area (Å²) in [7, 11) is 1.71. The highest BCUT2D eigenvalue weighted by atomic mass is 127. The van der Waals surface area contributed by atoms with E-state index in [1.165, 1.54) is 11.3 Å². The second-order valence-corrected chi connectivity index (χ2v) is 7.45. The number of aliphatic imine (C=N–C) groups is 1. The summed E-state index contributed by atoms with van der Waals surface area (Å²) in [6, 6.07) is 12.9. The number of halogens is 1. The number of pyridine rings is 1. The first-order chi connectivity index (χ1) is 14.2. The Bertz CT molecular complexity index is 796. The van der Waals surface area contributed by atoms with Crippen LogP contribution in [0.15, 0.2) is 47.6 Å². The van der Waals surface area contributed by atoms with Crippen LogP contribution < -0.4 is 20.3 Å². The molecule has 0 radical (unpaired) electrons. The molecule has 0 amide bonds. The lowest BCUT2D eigenvalue weighted by molar-refractivity contribution is 0.414. The molecule has 1 aromatic heterocycles. The second kappa shape index (κ2) is 12.6. The van der Waals surface area contributed by atoms with Gasteiger partial charge in [-0.15, -0.1) is 24.0 Å². The zero-order valence-electron chi connectivity index (χ0n) is 18.2. The van der Waals surface area contributed by atoms with E-state index in [0.717, 1.165) is 62.8 Å². The molecule has 0 aliphatic carbocycles. The molecule has 2 N–H and O–H groups in total. The van der Waals surface area contributed by atoms with Gasteiger partial charge in [0.1, 0.15) is 5.75 Å². The van der Waals surface area contributed by atoms with Crippen LogP contribution in [0.2, 0.25) is 0 Å². The van der Waals surface area contributed by atoms with Crippen LogP contribution in [0.25, 0.3) is 0 Å². The fourth-order valence-electron chi connectivity index (χ4n) is 3.59. The third-order valence-corrected chi connectivity index (χ3v) is 5.17. The highest BCUT2D eigenvalue weighted by Gasteiger charge is 2.21. The Morgan fingerprint density at radius 3 is 2.90 bits per heavy atom. The fraction of sp³-hybridized carbons (Fsp3) is 0.478. The molecule has 1 aliphatic rings. The summed E-state index contributed by atoms with van der Waals surface area (Å²) in [4.78, 5) is 11.6. The minimum atomic E-state index is 0. The molecule has 1 saturated heterocycles. The number of hydrogen-bond acceptors (Lipinski definition) is 4.